The summed E-state index contributed by atoms with van der Waals surface area (Å²) < 4.78 is 0. The number of aliphatic imine (C=N–C) groups is 2. The van der Waals surface area contributed by atoms with E-state index in [1.807, 2.05) is 13.8 Å². The topological polar surface area (TPSA) is 24.7 Å². The lowest BCUT2D eigenvalue weighted by Gasteiger charge is -1.81. The zero-order valence-corrected chi connectivity index (χ0v) is 5.55. The monoisotopic (exact) mass is 120 g/mol. The van der Waals surface area contributed by atoms with E-state index in [-0.39, 0.29) is 0 Å². The molecule has 1 aliphatic rings. The second kappa shape index (κ2) is 2.42. The molecule has 0 aromatic carbocycles. The zero-order chi connectivity index (χ0) is 6.69. The van der Waals surface area contributed by atoms with Crippen LogP contribution in [0, 0.1) is 0 Å². The fourth-order valence-corrected chi connectivity index (χ4v) is 0.489. The third-order valence-corrected chi connectivity index (χ3v) is 0.974. The lowest BCUT2D eigenvalue weighted by molar-refractivity contribution is 1.41. The van der Waals surface area contributed by atoms with Crippen molar-refractivity contribution in [3.8, 4) is 0 Å². The van der Waals surface area contributed by atoms with Crippen molar-refractivity contribution in [1.82, 2.24) is 0 Å². The van der Waals surface area contributed by atoms with Gasteiger partial charge in [-0.05, 0) is 25.3 Å². The summed E-state index contributed by atoms with van der Waals surface area (Å²) in [5.74, 6) is 3.50. The number of rotatable bonds is 0. The number of hydrogen-bond acceptors (Lipinski definition) is 2. The van der Waals surface area contributed by atoms with Gasteiger partial charge in [-0.15, -0.1) is 0 Å². The van der Waals surface area contributed by atoms with E-state index in [4.69, 9.17) is 0 Å². The van der Waals surface area contributed by atoms with E-state index in [0.717, 1.165) is 11.4 Å². The molecule has 0 aromatic heterocycles. The minimum absolute atomic E-state index is 0.753. The molecule has 0 saturated heterocycles. The zero-order valence-electron chi connectivity index (χ0n) is 5.55. The highest BCUT2D eigenvalue weighted by Gasteiger charge is 1.85. The molecule has 0 unspecified atom stereocenters. The van der Waals surface area contributed by atoms with E-state index >= 15 is 0 Å². The molecule has 0 saturated carbocycles. The molecule has 0 aromatic rings. The minimum Gasteiger partial charge on any atom is -0.241 e. The summed E-state index contributed by atoms with van der Waals surface area (Å²) in [7, 11) is 0. The second-order valence-electron chi connectivity index (χ2n) is 1.93. The summed E-state index contributed by atoms with van der Waals surface area (Å²) in [6.45, 7) is 3.81. The SMILES string of the molecule is CC1=CN=C(C)N=C=C1. The van der Waals surface area contributed by atoms with Crippen LogP contribution in [0.25, 0.3) is 0 Å². The van der Waals surface area contributed by atoms with Gasteiger partial charge in [0, 0.05) is 12.3 Å². The van der Waals surface area contributed by atoms with Crippen molar-refractivity contribution in [2.45, 2.75) is 13.8 Å². The van der Waals surface area contributed by atoms with Crippen molar-refractivity contribution in [3.63, 3.8) is 0 Å². The Bertz CT molecular complexity index is 205. The van der Waals surface area contributed by atoms with Crippen molar-refractivity contribution in [2.24, 2.45) is 9.98 Å². The van der Waals surface area contributed by atoms with Gasteiger partial charge < -0.3 is 0 Å². The van der Waals surface area contributed by atoms with Gasteiger partial charge >= 0.3 is 0 Å². The van der Waals surface area contributed by atoms with E-state index in [0.29, 0.717) is 0 Å². The summed E-state index contributed by atoms with van der Waals surface area (Å²) in [4.78, 5) is 7.87. The maximum absolute atomic E-state index is 4.00. The number of hydrogen-bond donors (Lipinski definition) is 0. The van der Waals surface area contributed by atoms with E-state index in [2.05, 4.69) is 15.9 Å². The Kier molecular flexibility index (Phi) is 1.61. The molecule has 0 spiro atoms. The normalized spacial score (nSPS) is 16.7. The predicted octanol–water partition coefficient (Wildman–Crippen LogP) is 1.55. The fraction of sp³-hybridized carbons (Fsp3) is 0.286. The van der Waals surface area contributed by atoms with Crippen molar-refractivity contribution < 1.29 is 0 Å². The molecular weight excluding hydrogens is 112 g/mol. The molecule has 0 fully saturated rings. The van der Waals surface area contributed by atoms with Crippen LogP contribution >= 0.6 is 0 Å². The first-order chi connectivity index (χ1) is 4.29. The average molecular weight is 120 g/mol. The molecule has 1 rings (SSSR count). The fourth-order valence-electron chi connectivity index (χ4n) is 0.489. The van der Waals surface area contributed by atoms with Crippen molar-refractivity contribution in [2.75, 3.05) is 0 Å². The molecule has 0 N–H and O–H groups in total. The molecule has 2 heteroatoms. The lowest BCUT2D eigenvalue weighted by Crippen LogP contribution is -1.78. The van der Waals surface area contributed by atoms with Gasteiger partial charge in [-0.3, -0.25) is 0 Å². The van der Waals surface area contributed by atoms with Crippen LogP contribution in [0.2, 0.25) is 0 Å². The van der Waals surface area contributed by atoms with Crippen LogP contribution in [0.3, 0.4) is 0 Å². The van der Waals surface area contributed by atoms with E-state index in [1.165, 1.54) is 0 Å². The van der Waals surface area contributed by atoms with Gasteiger partial charge in [0.1, 0.15) is 5.84 Å². The first kappa shape index (κ1) is 5.99. The molecule has 2 nitrogen and oxygen atoms in total. The number of allylic oxidation sites excluding steroid dienone is 2. The minimum atomic E-state index is 0.753. The lowest BCUT2D eigenvalue weighted by atomic mass is 10.3. The molecule has 1 aliphatic heterocycles. The Morgan fingerprint density at radius 1 is 1.44 bits per heavy atom. The highest BCUT2D eigenvalue weighted by atomic mass is 14.9. The molecule has 9 heavy (non-hydrogen) atoms. The third kappa shape index (κ3) is 1.67. The van der Waals surface area contributed by atoms with Gasteiger partial charge in [-0.25, -0.2) is 4.99 Å². The predicted molar refractivity (Wildman–Crippen MR) is 38.9 cm³/mol. The molecule has 0 radical (unpaired) electrons. The standard InChI is InChI=1S/C7H8N2/c1-6-3-4-8-7(2)9-5-6/h3,5H,1-2H3. The number of amidine groups is 1. The first-order valence-electron chi connectivity index (χ1n) is 2.80. The first-order valence-corrected chi connectivity index (χ1v) is 2.80. The molecule has 0 atom stereocenters. The third-order valence-electron chi connectivity index (χ3n) is 0.974. The van der Waals surface area contributed by atoms with Gasteiger partial charge in [0.05, 0.1) is 0 Å². The summed E-state index contributed by atoms with van der Waals surface area (Å²) >= 11 is 0. The molecule has 0 aliphatic carbocycles. The Balaban J connectivity index is 3.00. The maximum Gasteiger partial charge on any atom is 0.135 e. The van der Waals surface area contributed by atoms with Crippen molar-refractivity contribution in [3.05, 3.63) is 17.8 Å². The number of nitrogens with zero attached hydrogens (tertiary/aromatic N) is 2. The van der Waals surface area contributed by atoms with Crippen LogP contribution < -0.4 is 0 Å². The van der Waals surface area contributed by atoms with Gasteiger partial charge in [-0.2, -0.15) is 4.99 Å². The van der Waals surface area contributed by atoms with Crippen molar-refractivity contribution in [1.29, 1.82) is 0 Å². The molecule has 1 heterocycles. The summed E-state index contributed by atoms with van der Waals surface area (Å²) in [6.07, 6.45) is 3.58. The van der Waals surface area contributed by atoms with E-state index in [9.17, 15) is 0 Å². The molecule has 46 valence electrons. The van der Waals surface area contributed by atoms with Gasteiger partial charge in [-0.1, -0.05) is 0 Å². The van der Waals surface area contributed by atoms with Crippen LogP contribution in [0.15, 0.2) is 27.8 Å². The quantitative estimate of drug-likeness (QED) is 0.463. The second-order valence-corrected chi connectivity index (χ2v) is 1.93. The van der Waals surface area contributed by atoms with Crippen LogP contribution in [0.5, 0.6) is 0 Å². The smallest absolute Gasteiger partial charge is 0.135 e. The summed E-state index contributed by atoms with van der Waals surface area (Å²) in [6, 6.07) is 0. The molecule has 0 amide bonds. The van der Waals surface area contributed by atoms with Crippen LogP contribution in [-0.4, -0.2) is 11.7 Å². The Morgan fingerprint density at radius 3 is 3.00 bits per heavy atom. The highest BCUT2D eigenvalue weighted by Crippen LogP contribution is 1.95. The Morgan fingerprint density at radius 2 is 2.22 bits per heavy atom. The van der Waals surface area contributed by atoms with Crippen LogP contribution in [0.4, 0.5) is 0 Å². The van der Waals surface area contributed by atoms with Crippen LogP contribution in [-0.2, 0) is 0 Å². The summed E-state index contributed by atoms with van der Waals surface area (Å²) in [5.41, 5.74) is 1.08. The largest absolute Gasteiger partial charge is 0.241 e. The summed E-state index contributed by atoms with van der Waals surface area (Å²) in [5, 5.41) is 0. The maximum atomic E-state index is 4.00. The van der Waals surface area contributed by atoms with Crippen molar-refractivity contribution >= 4 is 11.7 Å². The van der Waals surface area contributed by atoms with Gasteiger partial charge in [0.15, 0.2) is 0 Å². The van der Waals surface area contributed by atoms with Gasteiger partial charge in [0.25, 0.3) is 0 Å². The average Bonchev–Trinajstić information content (AvgIpc) is 1.97. The van der Waals surface area contributed by atoms with E-state index < -0.39 is 0 Å². The molecular formula is C7H8N2. The highest BCUT2D eigenvalue weighted by molar-refractivity contribution is 5.88. The van der Waals surface area contributed by atoms with E-state index in [1.54, 1.807) is 12.3 Å². The van der Waals surface area contributed by atoms with Crippen LogP contribution in [0.1, 0.15) is 13.8 Å². The Hall–Kier alpha value is -1.14. The van der Waals surface area contributed by atoms with Gasteiger partial charge in [0.2, 0.25) is 0 Å². The Labute approximate surface area is 54.3 Å². The molecule has 0 bridgehead atoms.